The molecule has 2 rings (SSSR count). The molecule has 1 unspecified atom stereocenters. The molecule has 0 radical (unpaired) electrons. The summed E-state index contributed by atoms with van der Waals surface area (Å²) in [5.74, 6) is -3.53. The molecule has 9 heteroatoms. The second-order valence-corrected chi connectivity index (χ2v) is 4.48. The monoisotopic (exact) mass is 301 g/mol. The van der Waals surface area contributed by atoms with Gasteiger partial charge in [-0.1, -0.05) is 0 Å². The number of amides is 1. The van der Waals surface area contributed by atoms with E-state index in [2.05, 4.69) is 10.6 Å². The molecule has 1 atom stereocenters. The summed E-state index contributed by atoms with van der Waals surface area (Å²) in [6.45, 7) is 1.75. The molecule has 1 fully saturated rings. The topological polar surface area (TPSA) is 93.5 Å². The summed E-state index contributed by atoms with van der Waals surface area (Å²) in [5.41, 5.74) is -1.30. The van der Waals surface area contributed by atoms with Crippen LogP contribution < -0.4 is 10.6 Å². The van der Waals surface area contributed by atoms with E-state index in [1.807, 2.05) is 0 Å². The average Bonchev–Trinajstić information content (AvgIpc) is 2.48. The molecule has 0 spiro atoms. The molecule has 2 N–H and O–H groups in total. The molecule has 114 valence electrons. The van der Waals surface area contributed by atoms with Gasteiger partial charge in [0, 0.05) is 19.1 Å². The SMILES string of the molecule is O=C(NCC1COCCN1)c1cc(F)c(F)cc1[N+](=O)[O-]. The molecule has 1 aromatic carbocycles. The Morgan fingerprint density at radius 2 is 2.19 bits per heavy atom. The van der Waals surface area contributed by atoms with Crippen molar-refractivity contribution < 1.29 is 23.2 Å². The van der Waals surface area contributed by atoms with Gasteiger partial charge in [0.15, 0.2) is 11.6 Å². The number of halogens is 2. The summed E-state index contributed by atoms with van der Waals surface area (Å²) < 4.78 is 31.4. The number of nitro groups is 1. The van der Waals surface area contributed by atoms with Crippen molar-refractivity contribution in [3.63, 3.8) is 0 Å². The summed E-state index contributed by atoms with van der Waals surface area (Å²) in [6.07, 6.45) is 0. The number of ether oxygens (including phenoxy) is 1. The van der Waals surface area contributed by atoms with E-state index in [4.69, 9.17) is 4.74 Å². The fraction of sp³-hybridized carbons (Fsp3) is 0.417. The number of nitro benzene ring substituents is 1. The lowest BCUT2D eigenvalue weighted by atomic mass is 10.1. The third-order valence-corrected chi connectivity index (χ3v) is 2.99. The maximum atomic E-state index is 13.2. The summed E-state index contributed by atoms with van der Waals surface area (Å²) in [6, 6.07) is 0.784. The molecule has 0 saturated carbocycles. The Morgan fingerprint density at radius 3 is 2.81 bits per heavy atom. The van der Waals surface area contributed by atoms with E-state index in [1.54, 1.807) is 0 Å². The van der Waals surface area contributed by atoms with Gasteiger partial charge >= 0.3 is 0 Å². The molecule has 21 heavy (non-hydrogen) atoms. The minimum absolute atomic E-state index is 0.132. The van der Waals surface area contributed by atoms with Crippen LogP contribution >= 0.6 is 0 Å². The van der Waals surface area contributed by atoms with Crippen LogP contribution in [0.3, 0.4) is 0 Å². The van der Waals surface area contributed by atoms with Crippen LogP contribution in [-0.2, 0) is 4.74 Å². The van der Waals surface area contributed by atoms with Crippen LogP contribution in [0.15, 0.2) is 12.1 Å². The summed E-state index contributed by atoms with van der Waals surface area (Å²) in [4.78, 5) is 21.8. The Bertz CT molecular complexity index is 562. The van der Waals surface area contributed by atoms with Crippen LogP contribution in [0.1, 0.15) is 10.4 Å². The van der Waals surface area contributed by atoms with Crippen LogP contribution in [0.2, 0.25) is 0 Å². The fourth-order valence-corrected chi connectivity index (χ4v) is 1.93. The van der Waals surface area contributed by atoms with Crippen LogP contribution in [0, 0.1) is 21.7 Å². The zero-order chi connectivity index (χ0) is 15.4. The maximum absolute atomic E-state index is 13.2. The first-order chi connectivity index (χ1) is 9.99. The van der Waals surface area contributed by atoms with E-state index < -0.39 is 33.7 Å². The Kier molecular flexibility index (Phi) is 4.76. The van der Waals surface area contributed by atoms with Crippen LogP contribution in [0.25, 0.3) is 0 Å². The van der Waals surface area contributed by atoms with Crippen molar-refractivity contribution in [2.24, 2.45) is 0 Å². The van der Waals surface area contributed by atoms with Gasteiger partial charge in [-0.3, -0.25) is 14.9 Å². The first-order valence-electron chi connectivity index (χ1n) is 6.22. The first-order valence-corrected chi connectivity index (χ1v) is 6.22. The lowest BCUT2D eigenvalue weighted by Gasteiger charge is -2.23. The second kappa shape index (κ2) is 6.55. The summed E-state index contributed by atoms with van der Waals surface area (Å²) >= 11 is 0. The van der Waals surface area contributed by atoms with Crippen molar-refractivity contribution in [1.82, 2.24) is 10.6 Å². The number of hydrogen-bond donors (Lipinski definition) is 2. The summed E-state index contributed by atoms with van der Waals surface area (Å²) in [7, 11) is 0. The van der Waals surface area contributed by atoms with Gasteiger partial charge in [-0.15, -0.1) is 0 Å². The number of rotatable bonds is 4. The van der Waals surface area contributed by atoms with E-state index in [0.29, 0.717) is 31.9 Å². The molecule has 1 heterocycles. The predicted octanol–water partition coefficient (Wildman–Crippen LogP) is 0.591. The Morgan fingerprint density at radius 1 is 1.48 bits per heavy atom. The highest BCUT2D eigenvalue weighted by Gasteiger charge is 2.24. The molecule has 0 aliphatic carbocycles. The number of benzene rings is 1. The van der Waals surface area contributed by atoms with Crippen LogP contribution in [0.4, 0.5) is 14.5 Å². The van der Waals surface area contributed by atoms with Crippen molar-refractivity contribution in [3.8, 4) is 0 Å². The van der Waals surface area contributed by atoms with Crippen LogP contribution in [-0.4, -0.2) is 43.2 Å². The first kappa shape index (κ1) is 15.3. The Hall–Kier alpha value is -2.13. The van der Waals surface area contributed by atoms with Gasteiger partial charge in [0.05, 0.1) is 24.2 Å². The number of carbonyl (C=O) groups excluding carboxylic acids is 1. The van der Waals surface area contributed by atoms with Crippen molar-refractivity contribution in [2.45, 2.75) is 6.04 Å². The van der Waals surface area contributed by atoms with E-state index in [9.17, 15) is 23.7 Å². The van der Waals surface area contributed by atoms with Crippen molar-refractivity contribution in [1.29, 1.82) is 0 Å². The largest absolute Gasteiger partial charge is 0.378 e. The molecule has 1 saturated heterocycles. The molecular formula is C12H13F2N3O4. The van der Waals surface area contributed by atoms with Crippen molar-refractivity contribution in [2.75, 3.05) is 26.3 Å². The van der Waals surface area contributed by atoms with Gasteiger partial charge in [0.2, 0.25) is 0 Å². The van der Waals surface area contributed by atoms with E-state index in [1.165, 1.54) is 0 Å². The quantitative estimate of drug-likeness (QED) is 0.627. The molecule has 1 amide bonds. The molecular weight excluding hydrogens is 288 g/mol. The van der Waals surface area contributed by atoms with Crippen molar-refractivity contribution >= 4 is 11.6 Å². The standard InChI is InChI=1S/C12H13F2N3O4/c13-9-3-8(11(17(19)20)4-10(9)14)12(18)16-5-7-6-21-2-1-15-7/h3-4,7,15H,1-2,5-6H2,(H,16,18). The molecule has 0 aromatic heterocycles. The van der Waals surface area contributed by atoms with Gasteiger partial charge < -0.3 is 15.4 Å². The zero-order valence-corrected chi connectivity index (χ0v) is 10.9. The number of hydrogen-bond acceptors (Lipinski definition) is 5. The third-order valence-electron chi connectivity index (χ3n) is 2.99. The third kappa shape index (κ3) is 3.70. The smallest absolute Gasteiger partial charge is 0.285 e. The highest BCUT2D eigenvalue weighted by atomic mass is 19.2. The Balaban J connectivity index is 2.10. The van der Waals surface area contributed by atoms with Crippen LogP contribution in [0.5, 0.6) is 0 Å². The van der Waals surface area contributed by atoms with Crippen molar-refractivity contribution in [3.05, 3.63) is 39.4 Å². The highest BCUT2D eigenvalue weighted by Crippen LogP contribution is 2.22. The predicted molar refractivity (Wildman–Crippen MR) is 68.0 cm³/mol. The minimum Gasteiger partial charge on any atom is -0.378 e. The molecule has 1 aliphatic rings. The van der Waals surface area contributed by atoms with Gasteiger partial charge in [-0.2, -0.15) is 0 Å². The zero-order valence-electron chi connectivity index (χ0n) is 10.9. The number of morpholine rings is 1. The van der Waals surface area contributed by atoms with E-state index in [-0.39, 0.29) is 12.6 Å². The van der Waals surface area contributed by atoms with Gasteiger partial charge in [0.25, 0.3) is 11.6 Å². The summed E-state index contributed by atoms with van der Waals surface area (Å²) in [5, 5.41) is 16.3. The normalized spacial score (nSPS) is 18.3. The molecule has 1 aromatic rings. The Labute approximate surface area is 118 Å². The maximum Gasteiger partial charge on any atom is 0.285 e. The lowest BCUT2D eigenvalue weighted by molar-refractivity contribution is -0.385. The lowest BCUT2D eigenvalue weighted by Crippen LogP contribution is -2.48. The van der Waals surface area contributed by atoms with Gasteiger partial charge in [0.1, 0.15) is 5.56 Å². The molecule has 1 aliphatic heterocycles. The van der Waals surface area contributed by atoms with Gasteiger partial charge in [-0.25, -0.2) is 8.78 Å². The molecule has 0 bridgehead atoms. The average molecular weight is 301 g/mol. The minimum atomic E-state index is -1.37. The number of carbonyl (C=O) groups is 1. The number of nitrogens with zero attached hydrogens (tertiary/aromatic N) is 1. The van der Waals surface area contributed by atoms with E-state index >= 15 is 0 Å². The highest BCUT2D eigenvalue weighted by molar-refractivity contribution is 5.98. The van der Waals surface area contributed by atoms with Gasteiger partial charge in [-0.05, 0) is 6.07 Å². The fourth-order valence-electron chi connectivity index (χ4n) is 1.93. The molecule has 7 nitrogen and oxygen atoms in total. The second-order valence-electron chi connectivity index (χ2n) is 4.48. The number of nitrogens with one attached hydrogen (secondary N) is 2. The van der Waals surface area contributed by atoms with E-state index in [0.717, 1.165) is 0 Å².